The number of hydrogen-bond acceptors (Lipinski definition) is 2. The molecule has 2 atom stereocenters. The Morgan fingerprint density at radius 1 is 1.36 bits per heavy atom. The van der Waals surface area contributed by atoms with Crippen LogP contribution in [0.1, 0.15) is 39.4 Å². The van der Waals surface area contributed by atoms with Crippen LogP contribution in [0.25, 0.3) is 0 Å². The highest BCUT2D eigenvalue weighted by Crippen LogP contribution is 2.20. The molecule has 0 saturated carbocycles. The molecule has 0 radical (unpaired) electrons. The third kappa shape index (κ3) is 6.18. The summed E-state index contributed by atoms with van der Waals surface area (Å²) >= 11 is 0. The highest BCUT2D eigenvalue weighted by Gasteiger charge is 2.24. The predicted molar refractivity (Wildman–Crippen MR) is 103 cm³/mol. The summed E-state index contributed by atoms with van der Waals surface area (Å²) in [6.45, 7) is 10.8. The van der Waals surface area contributed by atoms with E-state index in [0.717, 1.165) is 62.6 Å². The van der Waals surface area contributed by atoms with Gasteiger partial charge in [-0.25, -0.2) is 0 Å². The molecule has 1 aliphatic rings. The minimum Gasteiger partial charge on any atom is -0.469 e. The van der Waals surface area contributed by atoms with Crippen molar-refractivity contribution in [2.75, 3.05) is 26.2 Å². The molecule has 0 spiro atoms. The molecule has 22 heavy (non-hydrogen) atoms. The molecule has 2 unspecified atom stereocenters. The standard InChI is InChI=1S/C17H29N3O.HI/c1-4-8-18-17(19-9-7-16-6-5-10-21-16)20-12-14(2)11-15(3)13-20;/h5-6,10,14-15H,4,7-9,11-13H2,1-3H3,(H,18,19);1H. The normalized spacial score (nSPS) is 22.3. The molecule has 1 N–H and O–H groups in total. The molecular weight excluding hydrogens is 389 g/mol. The van der Waals surface area contributed by atoms with Gasteiger partial charge in [-0.15, -0.1) is 24.0 Å². The third-order valence-electron chi connectivity index (χ3n) is 3.89. The van der Waals surface area contributed by atoms with Crippen LogP contribution >= 0.6 is 24.0 Å². The molecule has 2 rings (SSSR count). The number of nitrogens with one attached hydrogen (secondary N) is 1. The van der Waals surface area contributed by atoms with Crippen LogP contribution in [0.2, 0.25) is 0 Å². The van der Waals surface area contributed by atoms with Crippen LogP contribution in [0.5, 0.6) is 0 Å². The topological polar surface area (TPSA) is 40.8 Å². The van der Waals surface area contributed by atoms with Crippen molar-refractivity contribution in [2.24, 2.45) is 16.8 Å². The number of halogens is 1. The van der Waals surface area contributed by atoms with Crippen molar-refractivity contribution in [3.8, 4) is 0 Å². The van der Waals surface area contributed by atoms with Crippen LogP contribution in [0.3, 0.4) is 0 Å². The van der Waals surface area contributed by atoms with E-state index in [-0.39, 0.29) is 24.0 Å². The molecule has 0 aliphatic carbocycles. The Labute approximate surface area is 151 Å². The first-order valence-corrected chi connectivity index (χ1v) is 8.24. The lowest BCUT2D eigenvalue weighted by atomic mass is 9.92. The van der Waals surface area contributed by atoms with Gasteiger partial charge < -0.3 is 14.6 Å². The average molecular weight is 419 g/mol. The van der Waals surface area contributed by atoms with Crippen molar-refractivity contribution in [3.63, 3.8) is 0 Å². The fraction of sp³-hybridized carbons (Fsp3) is 0.706. The highest BCUT2D eigenvalue weighted by atomic mass is 127. The summed E-state index contributed by atoms with van der Waals surface area (Å²) in [5.41, 5.74) is 0. The number of rotatable bonds is 5. The summed E-state index contributed by atoms with van der Waals surface area (Å²) in [6.07, 6.45) is 5.04. The summed E-state index contributed by atoms with van der Waals surface area (Å²) in [4.78, 5) is 7.18. The maximum atomic E-state index is 5.38. The summed E-state index contributed by atoms with van der Waals surface area (Å²) < 4.78 is 5.38. The van der Waals surface area contributed by atoms with E-state index in [0.29, 0.717) is 0 Å². The fourth-order valence-corrected chi connectivity index (χ4v) is 3.07. The fourth-order valence-electron chi connectivity index (χ4n) is 3.07. The SMILES string of the molecule is CCCN=C(NCCc1ccco1)N1CC(C)CC(C)C1.I. The van der Waals surface area contributed by atoms with E-state index in [2.05, 4.69) is 31.0 Å². The molecular formula is C17H30IN3O. The van der Waals surface area contributed by atoms with Crippen molar-refractivity contribution in [1.29, 1.82) is 0 Å². The lowest BCUT2D eigenvalue weighted by Crippen LogP contribution is -2.49. The Morgan fingerprint density at radius 2 is 2.09 bits per heavy atom. The molecule has 4 nitrogen and oxygen atoms in total. The summed E-state index contributed by atoms with van der Waals surface area (Å²) in [7, 11) is 0. The first kappa shape index (κ1) is 19.3. The van der Waals surface area contributed by atoms with Crippen molar-refractivity contribution >= 4 is 29.9 Å². The average Bonchev–Trinajstić information content (AvgIpc) is 2.94. The van der Waals surface area contributed by atoms with Crippen molar-refractivity contribution in [3.05, 3.63) is 24.2 Å². The lowest BCUT2D eigenvalue weighted by Gasteiger charge is -2.37. The molecule has 1 aliphatic heterocycles. The Hall–Kier alpha value is -0.720. The highest BCUT2D eigenvalue weighted by molar-refractivity contribution is 14.0. The second-order valence-electron chi connectivity index (χ2n) is 6.31. The van der Waals surface area contributed by atoms with Gasteiger partial charge in [-0.3, -0.25) is 4.99 Å². The van der Waals surface area contributed by atoms with Crippen LogP contribution < -0.4 is 5.32 Å². The van der Waals surface area contributed by atoms with E-state index in [9.17, 15) is 0 Å². The number of furan rings is 1. The molecule has 0 amide bonds. The predicted octanol–water partition coefficient (Wildman–Crippen LogP) is 3.77. The molecule has 1 aromatic heterocycles. The van der Waals surface area contributed by atoms with Crippen LogP contribution in [0.15, 0.2) is 27.8 Å². The molecule has 1 fully saturated rings. The van der Waals surface area contributed by atoms with Crippen LogP contribution in [-0.4, -0.2) is 37.0 Å². The van der Waals surface area contributed by atoms with E-state index in [1.165, 1.54) is 6.42 Å². The number of likely N-dealkylation sites (tertiary alicyclic amines) is 1. The Balaban J connectivity index is 0.00000242. The van der Waals surface area contributed by atoms with Gasteiger partial charge in [0.15, 0.2) is 5.96 Å². The van der Waals surface area contributed by atoms with Crippen LogP contribution in [0, 0.1) is 11.8 Å². The van der Waals surface area contributed by atoms with E-state index < -0.39 is 0 Å². The Bertz CT molecular complexity index is 423. The second kappa shape index (κ2) is 10.1. The van der Waals surface area contributed by atoms with Gasteiger partial charge in [0.25, 0.3) is 0 Å². The minimum atomic E-state index is 0. The third-order valence-corrected chi connectivity index (χ3v) is 3.89. The van der Waals surface area contributed by atoms with Crippen molar-refractivity contribution in [1.82, 2.24) is 10.2 Å². The first-order chi connectivity index (χ1) is 10.2. The quantitative estimate of drug-likeness (QED) is 0.449. The zero-order valence-corrected chi connectivity index (χ0v) is 16.4. The maximum absolute atomic E-state index is 5.38. The number of piperidine rings is 1. The molecule has 1 aromatic rings. The van der Waals surface area contributed by atoms with E-state index in [1.54, 1.807) is 6.26 Å². The monoisotopic (exact) mass is 419 g/mol. The van der Waals surface area contributed by atoms with E-state index >= 15 is 0 Å². The summed E-state index contributed by atoms with van der Waals surface area (Å²) in [5, 5.41) is 3.52. The molecule has 0 aromatic carbocycles. The zero-order chi connectivity index (χ0) is 15.1. The Morgan fingerprint density at radius 3 is 2.68 bits per heavy atom. The van der Waals surface area contributed by atoms with Crippen molar-refractivity contribution < 1.29 is 4.42 Å². The van der Waals surface area contributed by atoms with Gasteiger partial charge in [0.2, 0.25) is 0 Å². The summed E-state index contributed by atoms with van der Waals surface area (Å²) in [5.74, 6) is 3.58. The molecule has 5 heteroatoms. The van der Waals surface area contributed by atoms with Gasteiger partial charge in [0.1, 0.15) is 5.76 Å². The van der Waals surface area contributed by atoms with Gasteiger partial charge in [-0.05, 0) is 36.8 Å². The van der Waals surface area contributed by atoms with Gasteiger partial charge in [0.05, 0.1) is 6.26 Å². The molecule has 2 heterocycles. The van der Waals surface area contributed by atoms with Gasteiger partial charge in [0, 0.05) is 32.6 Å². The number of guanidine groups is 1. The largest absolute Gasteiger partial charge is 0.469 e. The first-order valence-electron chi connectivity index (χ1n) is 8.24. The number of aliphatic imine (C=N–C) groups is 1. The molecule has 1 saturated heterocycles. The van der Waals surface area contributed by atoms with Gasteiger partial charge in [-0.2, -0.15) is 0 Å². The Kier molecular flexibility index (Phi) is 8.90. The smallest absolute Gasteiger partial charge is 0.193 e. The van der Waals surface area contributed by atoms with Gasteiger partial charge in [-0.1, -0.05) is 20.8 Å². The number of nitrogens with zero attached hydrogens (tertiary/aromatic N) is 2. The molecule has 0 bridgehead atoms. The molecule has 126 valence electrons. The van der Waals surface area contributed by atoms with E-state index in [4.69, 9.17) is 9.41 Å². The lowest BCUT2D eigenvalue weighted by molar-refractivity contribution is 0.208. The van der Waals surface area contributed by atoms with Crippen LogP contribution in [-0.2, 0) is 6.42 Å². The second-order valence-corrected chi connectivity index (χ2v) is 6.31. The van der Waals surface area contributed by atoms with Crippen LogP contribution in [0.4, 0.5) is 0 Å². The zero-order valence-electron chi connectivity index (χ0n) is 14.0. The minimum absolute atomic E-state index is 0. The maximum Gasteiger partial charge on any atom is 0.193 e. The van der Waals surface area contributed by atoms with Crippen molar-refractivity contribution in [2.45, 2.75) is 40.0 Å². The number of hydrogen-bond donors (Lipinski definition) is 1. The van der Waals surface area contributed by atoms with E-state index in [1.807, 2.05) is 12.1 Å². The van der Waals surface area contributed by atoms with Gasteiger partial charge >= 0.3 is 0 Å². The summed E-state index contributed by atoms with van der Waals surface area (Å²) in [6, 6.07) is 3.96.